The van der Waals surface area contributed by atoms with E-state index in [0.29, 0.717) is 19.0 Å². The van der Waals surface area contributed by atoms with E-state index in [1.807, 2.05) is 23.1 Å². The van der Waals surface area contributed by atoms with Crippen LogP contribution in [-0.2, 0) is 9.59 Å². The van der Waals surface area contributed by atoms with Crippen LogP contribution in [0.1, 0.15) is 44.6 Å². The van der Waals surface area contributed by atoms with Crippen molar-refractivity contribution >= 4 is 11.9 Å². The summed E-state index contributed by atoms with van der Waals surface area (Å²) >= 11 is 0. The Bertz CT molecular complexity index is 502. The summed E-state index contributed by atoms with van der Waals surface area (Å²) in [5.41, 5.74) is 0.336. The van der Waals surface area contributed by atoms with Crippen molar-refractivity contribution in [2.75, 3.05) is 13.1 Å². The van der Waals surface area contributed by atoms with E-state index >= 15 is 0 Å². The fraction of sp³-hybridized carbons (Fsp3) is 0.529. The summed E-state index contributed by atoms with van der Waals surface area (Å²) in [5, 5.41) is 9.11. The summed E-state index contributed by atoms with van der Waals surface area (Å²) in [6.07, 6.45) is 1.96. The van der Waals surface area contributed by atoms with Gasteiger partial charge in [-0.2, -0.15) is 0 Å². The van der Waals surface area contributed by atoms with Gasteiger partial charge in [-0.15, -0.1) is 0 Å². The van der Waals surface area contributed by atoms with Gasteiger partial charge in [0.15, 0.2) is 0 Å². The van der Waals surface area contributed by atoms with Crippen molar-refractivity contribution < 1.29 is 14.7 Å². The maximum Gasteiger partial charge on any atom is 0.309 e. The topological polar surface area (TPSA) is 57.6 Å². The van der Waals surface area contributed by atoms with Gasteiger partial charge in [0.25, 0.3) is 0 Å². The molecule has 1 amide bonds. The minimum Gasteiger partial charge on any atom is -0.481 e. The minimum absolute atomic E-state index is 0.0473. The van der Waals surface area contributed by atoms with Gasteiger partial charge in [0.05, 0.1) is 5.41 Å². The van der Waals surface area contributed by atoms with Crippen LogP contribution in [0.25, 0.3) is 0 Å². The fourth-order valence-corrected chi connectivity index (χ4v) is 2.75. The van der Waals surface area contributed by atoms with E-state index in [-0.39, 0.29) is 12.3 Å². The first-order valence-corrected chi connectivity index (χ1v) is 7.46. The maximum atomic E-state index is 12.2. The lowest BCUT2D eigenvalue weighted by Gasteiger charge is -2.33. The molecular weight excluding hydrogens is 266 g/mol. The summed E-state index contributed by atoms with van der Waals surface area (Å²) in [4.78, 5) is 25.1. The van der Waals surface area contributed by atoms with E-state index in [0.717, 1.165) is 12.8 Å². The standard InChI is InChI=1S/C17H23NO3/c1-17(2,16(20)21)12-15(19)18-10-8-14(9-11-18)13-6-4-3-5-7-13/h3-7,14H,8-12H2,1-2H3,(H,20,21). The molecule has 1 N–H and O–H groups in total. The molecule has 1 saturated heterocycles. The first kappa shape index (κ1) is 15.5. The summed E-state index contributed by atoms with van der Waals surface area (Å²) in [7, 11) is 0. The molecule has 1 aromatic rings. The highest BCUT2D eigenvalue weighted by Gasteiger charge is 2.33. The zero-order chi connectivity index (χ0) is 15.5. The number of rotatable bonds is 4. The Kier molecular flexibility index (Phi) is 4.66. The molecule has 0 aliphatic carbocycles. The van der Waals surface area contributed by atoms with Crippen LogP contribution in [0.2, 0.25) is 0 Å². The summed E-state index contributed by atoms with van der Waals surface area (Å²) < 4.78 is 0. The smallest absolute Gasteiger partial charge is 0.309 e. The zero-order valence-corrected chi connectivity index (χ0v) is 12.7. The van der Waals surface area contributed by atoms with Crippen molar-refractivity contribution in [1.82, 2.24) is 4.90 Å². The summed E-state index contributed by atoms with van der Waals surface area (Å²) in [5.74, 6) is -0.466. The lowest BCUT2D eigenvalue weighted by molar-refractivity contribution is -0.151. The van der Waals surface area contributed by atoms with E-state index in [2.05, 4.69) is 12.1 Å². The molecule has 4 nitrogen and oxygen atoms in total. The van der Waals surface area contributed by atoms with E-state index in [9.17, 15) is 9.59 Å². The van der Waals surface area contributed by atoms with Crippen molar-refractivity contribution in [1.29, 1.82) is 0 Å². The molecule has 1 heterocycles. The highest BCUT2D eigenvalue weighted by atomic mass is 16.4. The highest BCUT2D eigenvalue weighted by molar-refractivity contribution is 5.84. The van der Waals surface area contributed by atoms with Gasteiger partial charge in [0.2, 0.25) is 5.91 Å². The van der Waals surface area contributed by atoms with Crippen molar-refractivity contribution in [2.24, 2.45) is 5.41 Å². The number of carbonyl (C=O) groups is 2. The highest BCUT2D eigenvalue weighted by Crippen LogP contribution is 2.29. The van der Waals surface area contributed by atoms with Gasteiger partial charge in [-0.3, -0.25) is 9.59 Å². The van der Waals surface area contributed by atoms with Crippen molar-refractivity contribution in [3.05, 3.63) is 35.9 Å². The van der Waals surface area contributed by atoms with E-state index in [4.69, 9.17) is 5.11 Å². The van der Waals surface area contributed by atoms with Crippen molar-refractivity contribution in [3.8, 4) is 0 Å². The SMILES string of the molecule is CC(C)(CC(=O)N1CCC(c2ccccc2)CC1)C(=O)O. The molecule has 2 rings (SSSR count). The number of carboxylic acid groups (broad SMARTS) is 1. The second-order valence-electron chi connectivity index (χ2n) is 6.43. The predicted molar refractivity (Wildman–Crippen MR) is 81.0 cm³/mol. The van der Waals surface area contributed by atoms with Crippen LogP contribution >= 0.6 is 0 Å². The van der Waals surface area contributed by atoms with Crippen LogP contribution in [0.15, 0.2) is 30.3 Å². The molecule has 1 aliphatic rings. The summed E-state index contributed by atoms with van der Waals surface area (Å²) in [6, 6.07) is 10.4. The first-order valence-electron chi connectivity index (χ1n) is 7.46. The monoisotopic (exact) mass is 289 g/mol. The molecule has 0 atom stereocenters. The van der Waals surface area contributed by atoms with E-state index < -0.39 is 11.4 Å². The molecule has 0 aromatic heterocycles. The average molecular weight is 289 g/mol. The molecule has 0 saturated carbocycles. The van der Waals surface area contributed by atoms with Gasteiger partial charge in [-0.05, 0) is 38.2 Å². The molecule has 21 heavy (non-hydrogen) atoms. The number of nitrogens with zero attached hydrogens (tertiary/aromatic N) is 1. The first-order chi connectivity index (χ1) is 9.90. The lowest BCUT2D eigenvalue weighted by atomic mass is 9.87. The normalized spacial score (nSPS) is 16.8. The third-order valence-corrected chi connectivity index (χ3v) is 4.29. The Hall–Kier alpha value is -1.84. The molecule has 1 aromatic carbocycles. The Morgan fingerprint density at radius 1 is 1.19 bits per heavy atom. The second kappa shape index (κ2) is 6.29. The van der Waals surface area contributed by atoms with Crippen LogP contribution in [-0.4, -0.2) is 35.0 Å². The Morgan fingerprint density at radius 2 is 1.76 bits per heavy atom. The molecule has 1 fully saturated rings. The number of carboxylic acids is 1. The number of piperidine rings is 1. The number of carbonyl (C=O) groups excluding carboxylic acids is 1. The number of hydrogen-bond donors (Lipinski definition) is 1. The molecule has 0 unspecified atom stereocenters. The van der Waals surface area contributed by atoms with Crippen molar-refractivity contribution in [3.63, 3.8) is 0 Å². The zero-order valence-electron chi connectivity index (χ0n) is 12.7. The lowest BCUT2D eigenvalue weighted by Crippen LogP contribution is -2.41. The van der Waals surface area contributed by atoms with Crippen LogP contribution in [0.5, 0.6) is 0 Å². The third kappa shape index (κ3) is 3.84. The molecule has 1 aliphatic heterocycles. The number of amides is 1. The van der Waals surface area contributed by atoms with E-state index in [1.165, 1.54) is 5.56 Å². The largest absolute Gasteiger partial charge is 0.481 e. The molecule has 0 radical (unpaired) electrons. The fourth-order valence-electron chi connectivity index (χ4n) is 2.75. The van der Waals surface area contributed by atoms with Gasteiger partial charge >= 0.3 is 5.97 Å². The van der Waals surface area contributed by atoms with Crippen molar-refractivity contribution in [2.45, 2.75) is 39.0 Å². The Balaban J connectivity index is 1.89. The predicted octanol–water partition coefficient (Wildman–Crippen LogP) is 2.89. The van der Waals surface area contributed by atoms with Gasteiger partial charge in [-0.25, -0.2) is 0 Å². The average Bonchev–Trinajstić information content (AvgIpc) is 2.48. The van der Waals surface area contributed by atoms with Crippen LogP contribution in [0, 0.1) is 5.41 Å². The second-order valence-corrected chi connectivity index (χ2v) is 6.43. The maximum absolute atomic E-state index is 12.2. The number of likely N-dealkylation sites (tertiary alicyclic amines) is 1. The van der Waals surface area contributed by atoms with Gasteiger partial charge in [-0.1, -0.05) is 30.3 Å². The minimum atomic E-state index is -0.993. The quantitative estimate of drug-likeness (QED) is 0.927. The molecular formula is C17H23NO3. The third-order valence-electron chi connectivity index (χ3n) is 4.29. The molecule has 0 spiro atoms. The molecule has 114 valence electrons. The molecule has 4 heteroatoms. The number of aliphatic carboxylic acids is 1. The molecule has 0 bridgehead atoms. The van der Waals surface area contributed by atoms with Crippen LogP contribution in [0.3, 0.4) is 0 Å². The number of benzene rings is 1. The Labute approximate surface area is 125 Å². The number of hydrogen-bond acceptors (Lipinski definition) is 2. The van der Waals surface area contributed by atoms with E-state index in [1.54, 1.807) is 13.8 Å². The van der Waals surface area contributed by atoms with Gasteiger partial charge in [0, 0.05) is 19.5 Å². The summed E-state index contributed by atoms with van der Waals surface area (Å²) in [6.45, 7) is 4.64. The van der Waals surface area contributed by atoms with Crippen LogP contribution < -0.4 is 0 Å². The van der Waals surface area contributed by atoms with Gasteiger partial charge < -0.3 is 10.0 Å². The van der Waals surface area contributed by atoms with Gasteiger partial charge in [0.1, 0.15) is 0 Å². The Morgan fingerprint density at radius 3 is 2.29 bits per heavy atom. The van der Waals surface area contributed by atoms with Crippen LogP contribution in [0.4, 0.5) is 0 Å².